The third-order valence-corrected chi connectivity index (χ3v) is 5.81. The SMILES string of the molecule is OC1(CCl)CSC(c2csc(-c3ccc(Br)cc3)n2)=N1. The first-order valence-electron chi connectivity index (χ1n) is 5.82. The first kappa shape index (κ1) is 14.5. The van der Waals surface area contributed by atoms with E-state index in [1.54, 1.807) is 11.3 Å². The molecule has 1 aromatic carbocycles. The summed E-state index contributed by atoms with van der Waals surface area (Å²) >= 11 is 12.2. The molecule has 7 heteroatoms. The highest BCUT2D eigenvalue weighted by atomic mass is 79.9. The summed E-state index contributed by atoms with van der Waals surface area (Å²) in [5.41, 5.74) is 0.725. The van der Waals surface area contributed by atoms with E-state index in [0.29, 0.717) is 5.75 Å². The van der Waals surface area contributed by atoms with E-state index in [9.17, 15) is 5.11 Å². The lowest BCUT2D eigenvalue weighted by molar-refractivity contribution is 0.103. The fraction of sp³-hybridized carbons (Fsp3) is 0.231. The van der Waals surface area contributed by atoms with Gasteiger partial charge in [0.2, 0.25) is 0 Å². The van der Waals surface area contributed by atoms with E-state index in [-0.39, 0.29) is 5.88 Å². The molecule has 2 aromatic rings. The number of aromatic nitrogens is 1. The summed E-state index contributed by atoms with van der Waals surface area (Å²) in [4.78, 5) is 8.86. The molecule has 104 valence electrons. The topological polar surface area (TPSA) is 45.5 Å². The summed E-state index contributed by atoms with van der Waals surface area (Å²) < 4.78 is 1.04. The van der Waals surface area contributed by atoms with E-state index in [2.05, 4.69) is 25.9 Å². The van der Waals surface area contributed by atoms with Crippen LogP contribution in [0.25, 0.3) is 10.6 Å². The molecule has 0 saturated heterocycles. The Morgan fingerprint density at radius 3 is 2.75 bits per heavy atom. The van der Waals surface area contributed by atoms with Crippen molar-refractivity contribution in [1.29, 1.82) is 0 Å². The lowest BCUT2D eigenvalue weighted by Gasteiger charge is -2.12. The quantitative estimate of drug-likeness (QED) is 0.807. The van der Waals surface area contributed by atoms with Crippen LogP contribution in [0.3, 0.4) is 0 Å². The number of aliphatic imine (C=N–C) groups is 1. The third kappa shape index (κ3) is 2.94. The Kier molecular flexibility index (Phi) is 4.19. The number of benzene rings is 1. The second-order valence-electron chi connectivity index (χ2n) is 4.37. The number of thioether (sulfide) groups is 1. The Bertz CT molecular complexity index is 659. The molecule has 0 bridgehead atoms. The molecule has 1 aliphatic heterocycles. The van der Waals surface area contributed by atoms with Gasteiger partial charge >= 0.3 is 0 Å². The van der Waals surface area contributed by atoms with Gasteiger partial charge in [-0.1, -0.05) is 39.8 Å². The molecule has 3 nitrogen and oxygen atoms in total. The molecular weight excluding hydrogens is 380 g/mol. The minimum Gasteiger partial charge on any atom is -0.367 e. The number of alkyl halides is 1. The smallest absolute Gasteiger partial charge is 0.180 e. The van der Waals surface area contributed by atoms with E-state index in [1.165, 1.54) is 11.8 Å². The summed E-state index contributed by atoms with van der Waals surface area (Å²) in [5, 5.41) is 13.7. The summed E-state index contributed by atoms with van der Waals surface area (Å²) in [6, 6.07) is 8.02. The zero-order chi connectivity index (χ0) is 14.2. The van der Waals surface area contributed by atoms with Crippen LogP contribution in [0.1, 0.15) is 5.69 Å². The van der Waals surface area contributed by atoms with Crippen molar-refractivity contribution < 1.29 is 5.11 Å². The first-order valence-corrected chi connectivity index (χ1v) is 9.02. The Morgan fingerprint density at radius 1 is 1.35 bits per heavy atom. The van der Waals surface area contributed by atoms with Gasteiger partial charge in [0.25, 0.3) is 0 Å². The van der Waals surface area contributed by atoms with Gasteiger partial charge in [0.05, 0.1) is 11.6 Å². The number of rotatable bonds is 3. The number of thiazole rings is 1. The predicted octanol–water partition coefficient (Wildman–Crippen LogP) is 3.99. The zero-order valence-electron chi connectivity index (χ0n) is 10.2. The minimum atomic E-state index is -1.15. The molecule has 1 aromatic heterocycles. The van der Waals surface area contributed by atoms with Crippen molar-refractivity contribution in [1.82, 2.24) is 4.98 Å². The lowest BCUT2D eigenvalue weighted by atomic mass is 10.2. The number of nitrogens with zero attached hydrogens (tertiary/aromatic N) is 2. The second kappa shape index (κ2) is 5.77. The minimum absolute atomic E-state index is 0.104. The van der Waals surface area contributed by atoms with Crippen molar-refractivity contribution in [3.05, 3.63) is 39.8 Å². The van der Waals surface area contributed by atoms with E-state index < -0.39 is 5.72 Å². The van der Waals surface area contributed by atoms with Gasteiger partial charge in [0, 0.05) is 15.4 Å². The Labute approximate surface area is 138 Å². The maximum Gasteiger partial charge on any atom is 0.180 e. The van der Waals surface area contributed by atoms with Crippen LogP contribution in [-0.4, -0.2) is 32.5 Å². The van der Waals surface area contributed by atoms with Gasteiger partial charge in [-0.25, -0.2) is 9.98 Å². The van der Waals surface area contributed by atoms with E-state index in [4.69, 9.17) is 11.6 Å². The molecule has 1 unspecified atom stereocenters. The van der Waals surface area contributed by atoms with Gasteiger partial charge in [-0.05, 0) is 12.1 Å². The summed E-state index contributed by atoms with van der Waals surface area (Å²) in [6.45, 7) is 0. The van der Waals surface area contributed by atoms with Crippen LogP contribution in [0.15, 0.2) is 39.1 Å². The van der Waals surface area contributed by atoms with Crippen LogP contribution in [0, 0.1) is 0 Å². The molecule has 0 aliphatic carbocycles. The van der Waals surface area contributed by atoms with Crippen molar-refractivity contribution in [2.45, 2.75) is 5.72 Å². The van der Waals surface area contributed by atoms with Crippen LogP contribution in [0.2, 0.25) is 0 Å². The van der Waals surface area contributed by atoms with E-state index in [1.807, 2.05) is 29.6 Å². The summed E-state index contributed by atoms with van der Waals surface area (Å²) in [5.74, 6) is 0.587. The van der Waals surface area contributed by atoms with Crippen molar-refractivity contribution in [2.24, 2.45) is 4.99 Å². The number of hydrogen-bond acceptors (Lipinski definition) is 5. The lowest BCUT2D eigenvalue weighted by Crippen LogP contribution is -2.28. The van der Waals surface area contributed by atoms with E-state index >= 15 is 0 Å². The van der Waals surface area contributed by atoms with Gasteiger partial charge in [-0.3, -0.25) is 0 Å². The van der Waals surface area contributed by atoms with Gasteiger partial charge in [-0.2, -0.15) is 0 Å². The second-order valence-corrected chi connectivity index (χ2v) is 7.37. The van der Waals surface area contributed by atoms with Crippen LogP contribution in [0.5, 0.6) is 0 Å². The normalized spacial score (nSPS) is 22.1. The van der Waals surface area contributed by atoms with Crippen LogP contribution in [0.4, 0.5) is 0 Å². The highest BCUT2D eigenvalue weighted by Crippen LogP contribution is 2.32. The van der Waals surface area contributed by atoms with Crippen molar-refractivity contribution in [2.75, 3.05) is 11.6 Å². The fourth-order valence-corrected chi connectivity index (χ4v) is 4.17. The standard InChI is InChI=1S/C13H10BrClN2OS2/c14-9-3-1-8(2-4-9)11-16-10(5-19-11)12-17-13(18,6-15)7-20-12/h1-5,18H,6-7H2. The van der Waals surface area contributed by atoms with Gasteiger partial charge in [-0.15, -0.1) is 22.9 Å². The molecule has 3 rings (SSSR count). The molecule has 0 radical (unpaired) electrons. The van der Waals surface area contributed by atoms with Gasteiger partial charge in [0.1, 0.15) is 15.7 Å². The summed E-state index contributed by atoms with van der Waals surface area (Å²) in [6.07, 6.45) is 0. The zero-order valence-corrected chi connectivity index (χ0v) is 14.2. The van der Waals surface area contributed by atoms with Crippen LogP contribution < -0.4 is 0 Å². The molecule has 1 aliphatic rings. The largest absolute Gasteiger partial charge is 0.367 e. The highest BCUT2D eigenvalue weighted by molar-refractivity contribution is 9.10. The maximum absolute atomic E-state index is 10.0. The van der Waals surface area contributed by atoms with E-state index in [0.717, 1.165) is 25.8 Å². The molecule has 0 fully saturated rings. The van der Waals surface area contributed by atoms with Crippen LogP contribution in [-0.2, 0) is 0 Å². The molecule has 1 N–H and O–H groups in total. The summed E-state index contributed by atoms with van der Waals surface area (Å²) in [7, 11) is 0. The average Bonchev–Trinajstić information content (AvgIpc) is 3.07. The maximum atomic E-state index is 10.0. The first-order chi connectivity index (χ1) is 9.59. The van der Waals surface area contributed by atoms with Gasteiger partial charge < -0.3 is 5.11 Å². The monoisotopic (exact) mass is 388 g/mol. The Morgan fingerprint density at radius 2 is 2.10 bits per heavy atom. The van der Waals surface area contributed by atoms with Crippen LogP contribution >= 0.6 is 50.6 Å². The van der Waals surface area contributed by atoms with Crippen molar-refractivity contribution in [3.63, 3.8) is 0 Å². The van der Waals surface area contributed by atoms with Gasteiger partial charge in [0.15, 0.2) is 5.72 Å². The fourth-order valence-electron chi connectivity index (χ4n) is 1.73. The molecular formula is C13H10BrClN2OS2. The molecule has 2 heterocycles. The Balaban J connectivity index is 1.88. The van der Waals surface area contributed by atoms with Crippen molar-refractivity contribution in [3.8, 4) is 10.6 Å². The Hall–Kier alpha value is -0.400. The number of aliphatic hydroxyl groups is 1. The highest BCUT2D eigenvalue weighted by Gasteiger charge is 2.33. The predicted molar refractivity (Wildman–Crippen MR) is 89.9 cm³/mol. The third-order valence-electron chi connectivity index (χ3n) is 2.78. The molecule has 0 spiro atoms. The number of hydrogen-bond donors (Lipinski definition) is 1. The molecule has 0 amide bonds. The number of halogens is 2. The van der Waals surface area contributed by atoms with Crippen molar-refractivity contribution >= 4 is 55.7 Å². The molecule has 1 atom stereocenters. The molecule has 20 heavy (non-hydrogen) atoms. The average molecular weight is 390 g/mol. The molecule has 0 saturated carbocycles.